The van der Waals surface area contributed by atoms with Crippen molar-refractivity contribution in [3.8, 4) is 11.4 Å². The van der Waals surface area contributed by atoms with E-state index in [0.717, 1.165) is 17.8 Å². The van der Waals surface area contributed by atoms with Crippen LogP contribution in [0.3, 0.4) is 0 Å². The molecule has 2 aromatic carbocycles. The second kappa shape index (κ2) is 7.67. The summed E-state index contributed by atoms with van der Waals surface area (Å²) in [7, 11) is 0. The van der Waals surface area contributed by atoms with Gasteiger partial charge in [0.15, 0.2) is 6.61 Å². The molecule has 3 aromatic rings. The molecule has 0 fully saturated rings. The number of rotatable bonds is 5. The maximum Gasteiger partial charge on any atom is 0.417 e. The molecule has 1 N–H and O–H groups in total. The van der Waals surface area contributed by atoms with E-state index in [0.29, 0.717) is 5.75 Å². The Kier molecular flexibility index (Phi) is 5.31. The Morgan fingerprint density at radius 3 is 2.41 bits per heavy atom. The first-order chi connectivity index (χ1) is 12.8. The molecule has 0 aliphatic heterocycles. The predicted molar refractivity (Wildman–Crippen MR) is 91.9 cm³/mol. The van der Waals surface area contributed by atoms with Crippen LogP contribution in [-0.4, -0.2) is 27.3 Å². The van der Waals surface area contributed by atoms with Gasteiger partial charge in [0.05, 0.1) is 10.6 Å². The third-order valence-electron chi connectivity index (χ3n) is 3.48. The Hall–Kier alpha value is -3.07. The van der Waals surface area contributed by atoms with E-state index in [2.05, 4.69) is 15.5 Å². The average molecular weight is 397 g/mol. The number of hydrogen-bond acceptors (Lipinski definition) is 4. The molecule has 0 saturated heterocycles. The zero-order valence-corrected chi connectivity index (χ0v) is 14.3. The molecule has 3 rings (SSSR count). The van der Waals surface area contributed by atoms with Crippen LogP contribution in [0.4, 0.5) is 18.9 Å². The van der Waals surface area contributed by atoms with Crippen molar-refractivity contribution < 1.29 is 22.7 Å². The summed E-state index contributed by atoms with van der Waals surface area (Å²) in [5.41, 5.74) is -0.242. The van der Waals surface area contributed by atoms with Gasteiger partial charge in [0, 0.05) is 11.4 Å². The van der Waals surface area contributed by atoms with E-state index in [9.17, 15) is 18.0 Å². The van der Waals surface area contributed by atoms with Crippen LogP contribution in [0.1, 0.15) is 5.56 Å². The van der Waals surface area contributed by atoms with Gasteiger partial charge in [-0.05, 0) is 42.5 Å². The van der Waals surface area contributed by atoms with E-state index in [1.165, 1.54) is 18.7 Å². The molecule has 0 atom stereocenters. The number of ether oxygens (including phenoxy) is 1. The van der Waals surface area contributed by atoms with Crippen molar-refractivity contribution in [1.82, 2.24) is 14.8 Å². The molecule has 1 amide bonds. The maximum atomic E-state index is 12.8. The summed E-state index contributed by atoms with van der Waals surface area (Å²) >= 11 is 5.54. The van der Waals surface area contributed by atoms with Crippen LogP contribution < -0.4 is 10.1 Å². The van der Waals surface area contributed by atoms with Crippen molar-refractivity contribution in [3.63, 3.8) is 0 Å². The Balaban J connectivity index is 1.58. The van der Waals surface area contributed by atoms with Gasteiger partial charge in [-0.1, -0.05) is 11.6 Å². The number of carbonyl (C=O) groups is 1. The maximum absolute atomic E-state index is 12.8. The van der Waals surface area contributed by atoms with Gasteiger partial charge >= 0.3 is 6.18 Å². The zero-order chi connectivity index (χ0) is 19.4. The third kappa shape index (κ3) is 4.76. The largest absolute Gasteiger partial charge is 0.484 e. The van der Waals surface area contributed by atoms with E-state index < -0.39 is 22.7 Å². The highest BCUT2D eigenvalue weighted by Gasteiger charge is 2.33. The quantitative estimate of drug-likeness (QED) is 0.709. The number of benzene rings is 2. The van der Waals surface area contributed by atoms with Crippen LogP contribution >= 0.6 is 11.6 Å². The molecule has 0 spiro atoms. The summed E-state index contributed by atoms with van der Waals surface area (Å²) in [6.45, 7) is -0.365. The monoisotopic (exact) mass is 396 g/mol. The van der Waals surface area contributed by atoms with Gasteiger partial charge < -0.3 is 10.1 Å². The standard InChI is InChI=1S/C17H12ClF3N4O2/c18-15-6-1-11(7-14(15)17(19,20)21)24-16(26)8-27-13-4-2-12(3-5-13)25-9-22-23-10-25/h1-7,9-10H,8H2,(H,24,26). The lowest BCUT2D eigenvalue weighted by atomic mass is 10.2. The van der Waals surface area contributed by atoms with Crippen LogP contribution in [0.15, 0.2) is 55.1 Å². The van der Waals surface area contributed by atoms with Gasteiger partial charge in [-0.25, -0.2) is 0 Å². The average Bonchev–Trinajstić information content (AvgIpc) is 3.16. The SMILES string of the molecule is O=C(COc1ccc(-n2cnnc2)cc1)Nc1ccc(Cl)c(C(F)(F)F)c1. The molecule has 10 heteroatoms. The Bertz CT molecular complexity index is 928. The molecule has 0 bridgehead atoms. The molecule has 0 saturated carbocycles. The van der Waals surface area contributed by atoms with Gasteiger partial charge in [0.2, 0.25) is 0 Å². The molecule has 0 aliphatic carbocycles. The number of nitrogens with zero attached hydrogens (tertiary/aromatic N) is 3. The summed E-state index contributed by atoms with van der Waals surface area (Å²) in [4.78, 5) is 11.9. The number of hydrogen-bond donors (Lipinski definition) is 1. The number of carbonyl (C=O) groups excluding carboxylic acids is 1. The molecular formula is C17H12ClF3N4O2. The van der Waals surface area contributed by atoms with Crippen molar-refractivity contribution in [2.24, 2.45) is 0 Å². The van der Waals surface area contributed by atoms with Gasteiger partial charge in [-0.15, -0.1) is 10.2 Å². The minimum absolute atomic E-state index is 0.0247. The summed E-state index contributed by atoms with van der Waals surface area (Å²) in [5.74, 6) is -0.178. The fraction of sp³-hybridized carbons (Fsp3) is 0.118. The summed E-state index contributed by atoms with van der Waals surface area (Å²) in [6, 6.07) is 9.90. The molecule has 0 radical (unpaired) electrons. The third-order valence-corrected chi connectivity index (χ3v) is 3.81. The minimum atomic E-state index is -4.61. The van der Waals surface area contributed by atoms with Crippen molar-refractivity contribution in [2.75, 3.05) is 11.9 Å². The van der Waals surface area contributed by atoms with Crippen LogP contribution in [0.25, 0.3) is 5.69 Å². The second-order valence-corrected chi connectivity index (χ2v) is 5.80. The molecule has 1 heterocycles. The van der Waals surface area contributed by atoms with Gasteiger partial charge in [0.25, 0.3) is 5.91 Å². The lowest BCUT2D eigenvalue weighted by Gasteiger charge is -2.12. The summed E-state index contributed by atoms with van der Waals surface area (Å²) in [5, 5.41) is 9.30. The Morgan fingerprint density at radius 2 is 1.78 bits per heavy atom. The van der Waals surface area contributed by atoms with Crippen LogP contribution in [0.2, 0.25) is 5.02 Å². The zero-order valence-electron chi connectivity index (χ0n) is 13.6. The van der Waals surface area contributed by atoms with E-state index in [1.54, 1.807) is 28.8 Å². The van der Waals surface area contributed by atoms with Gasteiger partial charge in [-0.2, -0.15) is 13.2 Å². The highest BCUT2D eigenvalue weighted by atomic mass is 35.5. The number of amides is 1. The summed E-state index contributed by atoms with van der Waals surface area (Å²) in [6.07, 6.45) is -1.55. The van der Waals surface area contributed by atoms with Gasteiger partial charge in [-0.3, -0.25) is 9.36 Å². The number of nitrogens with one attached hydrogen (secondary N) is 1. The normalized spacial score (nSPS) is 11.3. The topological polar surface area (TPSA) is 69.0 Å². The summed E-state index contributed by atoms with van der Waals surface area (Å²) < 4.78 is 45.5. The highest BCUT2D eigenvalue weighted by molar-refractivity contribution is 6.31. The van der Waals surface area contributed by atoms with Crippen LogP contribution in [0, 0.1) is 0 Å². The van der Waals surface area contributed by atoms with Crippen molar-refractivity contribution >= 4 is 23.2 Å². The van der Waals surface area contributed by atoms with E-state index in [1.807, 2.05) is 0 Å². The predicted octanol–water partition coefficient (Wildman–Crippen LogP) is 3.96. The molecule has 6 nitrogen and oxygen atoms in total. The molecule has 1 aromatic heterocycles. The van der Waals surface area contributed by atoms with E-state index >= 15 is 0 Å². The highest BCUT2D eigenvalue weighted by Crippen LogP contribution is 2.36. The van der Waals surface area contributed by atoms with Gasteiger partial charge in [0.1, 0.15) is 18.4 Å². The fourth-order valence-corrected chi connectivity index (χ4v) is 2.44. The van der Waals surface area contributed by atoms with Crippen LogP contribution in [0.5, 0.6) is 5.75 Å². The smallest absolute Gasteiger partial charge is 0.417 e. The first-order valence-corrected chi connectivity index (χ1v) is 7.95. The first kappa shape index (κ1) is 18.7. The van der Waals surface area contributed by atoms with E-state index in [4.69, 9.17) is 16.3 Å². The van der Waals surface area contributed by atoms with Crippen LogP contribution in [-0.2, 0) is 11.0 Å². The van der Waals surface area contributed by atoms with Crippen molar-refractivity contribution in [2.45, 2.75) is 6.18 Å². The number of anilines is 1. The van der Waals surface area contributed by atoms with E-state index in [-0.39, 0.29) is 12.3 Å². The number of alkyl halides is 3. The molecule has 140 valence electrons. The Labute approximate surface area is 156 Å². The number of aromatic nitrogens is 3. The number of halogens is 4. The molecular weight excluding hydrogens is 385 g/mol. The lowest BCUT2D eigenvalue weighted by molar-refractivity contribution is -0.137. The minimum Gasteiger partial charge on any atom is -0.484 e. The molecule has 0 unspecified atom stereocenters. The fourth-order valence-electron chi connectivity index (χ4n) is 2.21. The lowest BCUT2D eigenvalue weighted by Crippen LogP contribution is -2.20. The Morgan fingerprint density at radius 1 is 1.11 bits per heavy atom. The van der Waals surface area contributed by atoms with Crippen molar-refractivity contribution in [3.05, 3.63) is 65.7 Å². The molecule has 27 heavy (non-hydrogen) atoms. The second-order valence-electron chi connectivity index (χ2n) is 5.39. The van der Waals surface area contributed by atoms with Crippen molar-refractivity contribution in [1.29, 1.82) is 0 Å². The first-order valence-electron chi connectivity index (χ1n) is 7.57. The molecule has 0 aliphatic rings.